The van der Waals surface area contributed by atoms with Gasteiger partial charge in [-0.2, -0.15) is 0 Å². The lowest BCUT2D eigenvalue weighted by molar-refractivity contribution is 0.0576. The Labute approximate surface area is 127 Å². The second kappa shape index (κ2) is 9.60. The number of amides is 1. The van der Waals surface area contributed by atoms with Gasteiger partial charge in [-0.25, -0.2) is 4.79 Å². The van der Waals surface area contributed by atoms with Gasteiger partial charge in [-0.3, -0.25) is 0 Å². The molecule has 122 valence electrons. The Morgan fingerprint density at radius 3 is 2.57 bits per heavy atom. The Bertz CT molecular complexity index is 341. The summed E-state index contributed by atoms with van der Waals surface area (Å²) in [4.78, 5) is 16.3. The molecule has 0 unspecified atom stereocenters. The Hall–Kier alpha value is -1.30. The lowest BCUT2D eigenvalue weighted by Gasteiger charge is -2.25. The number of primary amides is 1. The van der Waals surface area contributed by atoms with Crippen molar-refractivity contribution >= 4 is 11.8 Å². The zero-order valence-corrected chi connectivity index (χ0v) is 13.3. The van der Waals surface area contributed by atoms with Gasteiger partial charge in [0.25, 0.3) is 0 Å². The van der Waals surface area contributed by atoms with Gasteiger partial charge in [-0.15, -0.1) is 0 Å². The summed E-state index contributed by atoms with van der Waals surface area (Å²) in [6.45, 7) is 4.93. The van der Waals surface area contributed by atoms with Crippen LogP contribution in [0.15, 0.2) is 5.16 Å². The lowest BCUT2D eigenvalue weighted by Crippen LogP contribution is -2.31. The topological polar surface area (TPSA) is 83.1 Å². The summed E-state index contributed by atoms with van der Waals surface area (Å²) in [5, 5.41) is 4.09. The van der Waals surface area contributed by atoms with Crippen molar-refractivity contribution in [2.75, 3.05) is 20.3 Å². The fourth-order valence-electron chi connectivity index (χ4n) is 2.69. The summed E-state index contributed by atoms with van der Waals surface area (Å²) in [6, 6.07) is 0. The first-order valence-electron chi connectivity index (χ1n) is 7.66. The molecule has 1 rings (SSSR count). The van der Waals surface area contributed by atoms with Crippen LogP contribution >= 0.6 is 0 Å². The summed E-state index contributed by atoms with van der Waals surface area (Å²) in [6.07, 6.45) is 4.53. The fraction of sp³-hybridized carbons (Fsp3) is 0.867. The van der Waals surface area contributed by atoms with E-state index >= 15 is 0 Å². The number of nitrogens with zero attached hydrogens (tertiary/aromatic N) is 1. The minimum absolute atomic E-state index is 0.121. The maximum Gasteiger partial charge on any atom is 0.404 e. The predicted octanol–water partition coefficient (Wildman–Crippen LogP) is 2.71. The zero-order valence-electron chi connectivity index (χ0n) is 13.3. The number of rotatable bonds is 9. The first-order chi connectivity index (χ1) is 10.0. The van der Waals surface area contributed by atoms with Crippen LogP contribution in [0.3, 0.4) is 0 Å². The van der Waals surface area contributed by atoms with E-state index in [1.54, 1.807) is 7.11 Å². The third-order valence-electron chi connectivity index (χ3n) is 4.08. The smallest absolute Gasteiger partial charge is 0.404 e. The molecule has 0 saturated heterocycles. The highest BCUT2D eigenvalue weighted by Gasteiger charge is 2.29. The predicted molar refractivity (Wildman–Crippen MR) is 81.1 cm³/mol. The molecule has 0 aromatic carbocycles. The largest absolute Gasteiger partial charge is 0.446 e. The van der Waals surface area contributed by atoms with Gasteiger partial charge >= 0.3 is 6.09 Å². The zero-order chi connectivity index (χ0) is 15.7. The van der Waals surface area contributed by atoms with E-state index in [2.05, 4.69) is 12.1 Å². The van der Waals surface area contributed by atoms with Crippen LogP contribution in [0.4, 0.5) is 4.79 Å². The van der Waals surface area contributed by atoms with Gasteiger partial charge < -0.3 is 20.0 Å². The van der Waals surface area contributed by atoms with E-state index in [4.69, 9.17) is 20.0 Å². The molecule has 0 radical (unpaired) electrons. The van der Waals surface area contributed by atoms with Crippen LogP contribution < -0.4 is 5.73 Å². The van der Waals surface area contributed by atoms with Crippen LogP contribution in [0.2, 0.25) is 0 Å². The van der Waals surface area contributed by atoms with Crippen molar-refractivity contribution in [1.82, 2.24) is 0 Å². The Balaban J connectivity index is 2.49. The second-order valence-electron chi connectivity index (χ2n) is 5.72. The third-order valence-corrected chi connectivity index (χ3v) is 4.08. The molecule has 21 heavy (non-hydrogen) atoms. The number of hydrogen-bond donors (Lipinski definition) is 1. The van der Waals surface area contributed by atoms with Crippen LogP contribution in [0.25, 0.3) is 0 Å². The minimum atomic E-state index is -0.690. The van der Waals surface area contributed by atoms with E-state index < -0.39 is 6.09 Å². The average Bonchev–Trinajstić information content (AvgIpc) is 2.96. The van der Waals surface area contributed by atoms with Gasteiger partial charge in [-0.1, -0.05) is 24.9 Å². The molecule has 0 aromatic heterocycles. The molecular formula is C15H28N2O4. The lowest BCUT2D eigenvalue weighted by atomic mass is 9.90. The fourth-order valence-corrected chi connectivity index (χ4v) is 2.69. The van der Waals surface area contributed by atoms with Crippen molar-refractivity contribution in [2.24, 2.45) is 22.7 Å². The van der Waals surface area contributed by atoms with Crippen LogP contribution in [-0.2, 0) is 14.3 Å². The molecule has 1 fully saturated rings. The third kappa shape index (κ3) is 6.80. The molecule has 0 heterocycles. The van der Waals surface area contributed by atoms with E-state index in [0.29, 0.717) is 19.1 Å². The Morgan fingerprint density at radius 1 is 1.33 bits per heavy atom. The second-order valence-corrected chi connectivity index (χ2v) is 5.72. The van der Waals surface area contributed by atoms with E-state index in [1.807, 2.05) is 6.92 Å². The minimum Gasteiger partial charge on any atom is -0.446 e. The van der Waals surface area contributed by atoms with Gasteiger partial charge in [0, 0.05) is 13.0 Å². The number of ether oxygens (including phenoxy) is 2. The van der Waals surface area contributed by atoms with Crippen molar-refractivity contribution in [2.45, 2.75) is 52.1 Å². The molecule has 6 nitrogen and oxygen atoms in total. The SMILES string of the molecule is COCCO/N=C(\C)[C@@H](C)C[C@@H](OC(N)=O)C1CCCC1. The van der Waals surface area contributed by atoms with Crippen LogP contribution in [0.1, 0.15) is 46.0 Å². The van der Waals surface area contributed by atoms with E-state index in [9.17, 15) is 4.79 Å². The van der Waals surface area contributed by atoms with Crippen molar-refractivity contribution in [1.29, 1.82) is 0 Å². The van der Waals surface area contributed by atoms with Gasteiger partial charge in [0.2, 0.25) is 0 Å². The average molecular weight is 300 g/mol. The van der Waals surface area contributed by atoms with E-state index in [0.717, 1.165) is 25.0 Å². The maximum absolute atomic E-state index is 11.1. The number of nitrogens with two attached hydrogens (primary N) is 1. The van der Waals surface area contributed by atoms with Crippen molar-refractivity contribution in [3.8, 4) is 0 Å². The Morgan fingerprint density at radius 2 is 2.00 bits per heavy atom. The molecule has 0 aliphatic heterocycles. The first-order valence-corrected chi connectivity index (χ1v) is 7.66. The molecule has 1 aliphatic carbocycles. The summed E-state index contributed by atoms with van der Waals surface area (Å²) in [7, 11) is 1.62. The molecular weight excluding hydrogens is 272 g/mol. The van der Waals surface area contributed by atoms with Crippen LogP contribution in [-0.4, -0.2) is 38.2 Å². The van der Waals surface area contributed by atoms with Crippen LogP contribution in [0, 0.1) is 11.8 Å². The normalized spacial score (nSPS) is 19.3. The summed E-state index contributed by atoms with van der Waals surface area (Å²) in [5.41, 5.74) is 6.09. The highest BCUT2D eigenvalue weighted by Crippen LogP contribution is 2.32. The first kappa shape index (κ1) is 17.8. The molecule has 1 aliphatic rings. The molecule has 6 heteroatoms. The van der Waals surface area contributed by atoms with Crippen molar-refractivity contribution in [3.63, 3.8) is 0 Å². The summed E-state index contributed by atoms with van der Waals surface area (Å²) in [5.74, 6) is 0.597. The van der Waals surface area contributed by atoms with Gasteiger partial charge in [0.05, 0.1) is 12.3 Å². The molecule has 0 aromatic rings. The molecule has 1 amide bonds. The highest BCUT2D eigenvalue weighted by molar-refractivity contribution is 5.83. The Kier molecular flexibility index (Phi) is 8.12. The molecule has 0 spiro atoms. The number of carbonyl (C=O) groups is 1. The number of hydrogen-bond acceptors (Lipinski definition) is 5. The highest BCUT2D eigenvalue weighted by atomic mass is 16.6. The maximum atomic E-state index is 11.1. The van der Waals surface area contributed by atoms with Crippen LogP contribution in [0.5, 0.6) is 0 Å². The van der Waals surface area contributed by atoms with Gasteiger partial charge in [-0.05, 0) is 32.1 Å². The van der Waals surface area contributed by atoms with Gasteiger partial charge in [0.1, 0.15) is 12.7 Å². The molecule has 2 atom stereocenters. The van der Waals surface area contributed by atoms with E-state index in [-0.39, 0.29) is 12.0 Å². The van der Waals surface area contributed by atoms with Gasteiger partial charge in [0.15, 0.2) is 0 Å². The molecule has 0 bridgehead atoms. The standard InChI is InChI=1S/C15H28N2O4/c1-11(12(2)17-20-9-8-19-3)10-14(21-15(16)18)13-6-4-5-7-13/h11,13-14H,4-10H2,1-3H3,(H2,16,18)/b17-12+/t11-,14+/m0/s1. The molecule has 2 N–H and O–H groups in total. The van der Waals surface area contributed by atoms with Crippen molar-refractivity contribution < 1.29 is 19.1 Å². The molecule has 1 saturated carbocycles. The number of methoxy groups -OCH3 is 1. The monoisotopic (exact) mass is 300 g/mol. The summed E-state index contributed by atoms with van der Waals surface area (Å²) >= 11 is 0. The van der Waals surface area contributed by atoms with Crippen molar-refractivity contribution in [3.05, 3.63) is 0 Å². The quantitative estimate of drug-likeness (QED) is 0.403. The number of oxime groups is 1. The summed E-state index contributed by atoms with van der Waals surface area (Å²) < 4.78 is 10.2. The number of carbonyl (C=O) groups excluding carboxylic acids is 1. The van der Waals surface area contributed by atoms with E-state index in [1.165, 1.54) is 12.8 Å².